The van der Waals surface area contributed by atoms with Crippen LogP contribution in [0, 0.1) is 11.8 Å². The van der Waals surface area contributed by atoms with E-state index >= 15 is 0 Å². The zero-order valence-corrected chi connectivity index (χ0v) is 12.7. The Kier molecular flexibility index (Phi) is 8.07. The minimum Gasteiger partial charge on any atom is -0.381 e. The quantitative estimate of drug-likeness (QED) is 0.663. The minimum absolute atomic E-state index is 0.00952. The van der Waals surface area contributed by atoms with E-state index in [-0.39, 0.29) is 11.9 Å². The van der Waals surface area contributed by atoms with Crippen molar-refractivity contribution in [2.75, 3.05) is 26.3 Å². The minimum atomic E-state index is 0.00952. The Labute approximate surface area is 117 Å². The molecule has 0 spiro atoms. The van der Waals surface area contributed by atoms with Crippen molar-refractivity contribution in [1.82, 2.24) is 10.6 Å². The maximum Gasteiger partial charge on any atom is 0.237 e. The Balaban J connectivity index is 2.07. The van der Waals surface area contributed by atoms with E-state index in [1.807, 2.05) is 0 Å². The molecule has 1 heterocycles. The van der Waals surface area contributed by atoms with Crippen LogP contribution in [0.3, 0.4) is 0 Å². The fraction of sp³-hybridized carbons (Fsp3) is 0.933. The van der Waals surface area contributed by atoms with Gasteiger partial charge in [-0.2, -0.15) is 0 Å². The number of piperidine rings is 1. The first kappa shape index (κ1) is 16.4. The number of carbonyl (C=O) groups is 1. The average Bonchev–Trinajstić information content (AvgIpc) is 2.42. The summed E-state index contributed by atoms with van der Waals surface area (Å²) in [6.45, 7) is 9.70. The Hall–Kier alpha value is -0.610. The topological polar surface area (TPSA) is 50.4 Å². The van der Waals surface area contributed by atoms with Crippen molar-refractivity contribution in [3.63, 3.8) is 0 Å². The van der Waals surface area contributed by atoms with E-state index in [0.29, 0.717) is 18.4 Å². The van der Waals surface area contributed by atoms with Gasteiger partial charge in [-0.05, 0) is 37.6 Å². The Morgan fingerprint density at radius 2 is 2.26 bits per heavy atom. The molecule has 112 valence electrons. The Bertz CT molecular complexity index is 257. The lowest BCUT2D eigenvalue weighted by atomic mass is 9.90. The first-order valence-electron chi connectivity index (χ1n) is 7.72. The van der Waals surface area contributed by atoms with Gasteiger partial charge in [0.2, 0.25) is 5.91 Å². The van der Waals surface area contributed by atoms with E-state index in [1.54, 1.807) is 0 Å². The number of hydrogen-bond donors (Lipinski definition) is 2. The first-order valence-corrected chi connectivity index (χ1v) is 7.72. The van der Waals surface area contributed by atoms with Crippen molar-refractivity contribution in [1.29, 1.82) is 0 Å². The molecule has 2 N–H and O–H groups in total. The fourth-order valence-electron chi connectivity index (χ4n) is 2.39. The molecule has 0 saturated carbocycles. The molecule has 19 heavy (non-hydrogen) atoms. The monoisotopic (exact) mass is 270 g/mol. The van der Waals surface area contributed by atoms with Crippen molar-refractivity contribution in [2.24, 2.45) is 11.8 Å². The maximum atomic E-state index is 12.0. The van der Waals surface area contributed by atoms with E-state index in [0.717, 1.165) is 32.6 Å². The fourth-order valence-corrected chi connectivity index (χ4v) is 2.39. The summed E-state index contributed by atoms with van der Waals surface area (Å²) in [4.78, 5) is 12.0. The largest absolute Gasteiger partial charge is 0.381 e. The van der Waals surface area contributed by atoms with Gasteiger partial charge in [-0.3, -0.25) is 4.79 Å². The van der Waals surface area contributed by atoms with Crippen molar-refractivity contribution in [2.45, 2.75) is 52.5 Å². The molecule has 1 saturated heterocycles. The molecule has 4 heteroatoms. The summed E-state index contributed by atoms with van der Waals surface area (Å²) in [5.74, 6) is 1.43. The predicted molar refractivity (Wildman–Crippen MR) is 78.1 cm³/mol. The van der Waals surface area contributed by atoms with Gasteiger partial charge in [0.05, 0.1) is 6.04 Å². The average molecular weight is 270 g/mol. The third-order valence-electron chi connectivity index (χ3n) is 3.62. The molecule has 0 aromatic carbocycles. The van der Waals surface area contributed by atoms with Gasteiger partial charge >= 0.3 is 0 Å². The second-order valence-corrected chi connectivity index (χ2v) is 5.92. The number of carbonyl (C=O) groups excluding carboxylic acids is 1. The Morgan fingerprint density at radius 3 is 2.95 bits per heavy atom. The van der Waals surface area contributed by atoms with Crippen LogP contribution in [-0.4, -0.2) is 38.3 Å². The highest BCUT2D eigenvalue weighted by atomic mass is 16.5. The van der Waals surface area contributed by atoms with Crippen molar-refractivity contribution in [3.8, 4) is 0 Å². The van der Waals surface area contributed by atoms with Gasteiger partial charge < -0.3 is 15.4 Å². The number of nitrogens with one attached hydrogen (secondary N) is 2. The zero-order valence-electron chi connectivity index (χ0n) is 12.7. The molecule has 0 radical (unpaired) electrons. The van der Waals surface area contributed by atoms with E-state index in [9.17, 15) is 4.79 Å². The molecule has 0 aliphatic carbocycles. The van der Waals surface area contributed by atoms with Gasteiger partial charge in [-0.25, -0.2) is 0 Å². The van der Waals surface area contributed by atoms with Crippen molar-refractivity contribution >= 4 is 5.91 Å². The third-order valence-corrected chi connectivity index (χ3v) is 3.62. The molecule has 1 aliphatic rings. The number of amides is 1. The third kappa shape index (κ3) is 6.92. The van der Waals surface area contributed by atoms with E-state index < -0.39 is 0 Å². The zero-order chi connectivity index (χ0) is 14.1. The molecule has 1 amide bonds. The van der Waals surface area contributed by atoms with Gasteiger partial charge in [0, 0.05) is 19.8 Å². The van der Waals surface area contributed by atoms with E-state index in [1.165, 1.54) is 12.8 Å². The SMILES string of the molecule is CCC1CCNC(C(=O)NCCCOCC(C)C)C1. The second kappa shape index (κ2) is 9.32. The van der Waals surface area contributed by atoms with Crippen LogP contribution < -0.4 is 10.6 Å². The van der Waals surface area contributed by atoms with Crippen LogP contribution in [0.15, 0.2) is 0 Å². The highest BCUT2D eigenvalue weighted by Crippen LogP contribution is 2.19. The summed E-state index contributed by atoms with van der Waals surface area (Å²) < 4.78 is 5.49. The summed E-state index contributed by atoms with van der Waals surface area (Å²) in [6.07, 6.45) is 4.24. The molecule has 0 aromatic rings. The van der Waals surface area contributed by atoms with Gasteiger partial charge in [0.15, 0.2) is 0 Å². The van der Waals surface area contributed by atoms with Crippen LogP contribution in [0.2, 0.25) is 0 Å². The number of ether oxygens (including phenoxy) is 1. The van der Waals surface area contributed by atoms with Crippen LogP contribution in [0.1, 0.15) is 46.5 Å². The highest BCUT2D eigenvalue weighted by molar-refractivity contribution is 5.81. The molecule has 0 bridgehead atoms. The first-order chi connectivity index (χ1) is 9.13. The summed E-state index contributed by atoms with van der Waals surface area (Å²) in [5, 5.41) is 6.31. The lowest BCUT2D eigenvalue weighted by molar-refractivity contribution is -0.124. The lowest BCUT2D eigenvalue weighted by Gasteiger charge is -2.28. The summed E-state index contributed by atoms with van der Waals surface area (Å²) >= 11 is 0. The maximum absolute atomic E-state index is 12.0. The summed E-state index contributed by atoms with van der Waals surface area (Å²) in [5.41, 5.74) is 0. The van der Waals surface area contributed by atoms with Crippen LogP contribution in [0.5, 0.6) is 0 Å². The molecule has 1 rings (SSSR count). The number of hydrogen-bond acceptors (Lipinski definition) is 3. The molecular formula is C15H30N2O2. The molecule has 4 nitrogen and oxygen atoms in total. The smallest absolute Gasteiger partial charge is 0.237 e. The van der Waals surface area contributed by atoms with Crippen molar-refractivity contribution < 1.29 is 9.53 Å². The van der Waals surface area contributed by atoms with Gasteiger partial charge in [0.1, 0.15) is 0 Å². The summed E-state index contributed by atoms with van der Waals surface area (Å²) in [7, 11) is 0. The normalized spacial score (nSPS) is 23.6. The van der Waals surface area contributed by atoms with Crippen LogP contribution in [-0.2, 0) is 9.53 Å². The molecular weight excluding hydrogens is 240 g/mol. The molecule has 0 aromatic heterocycles. The second-order valence-electron chi connectivity index (χ2n) is 5.92. The molecule has 1 aliphatic heterocycles. The Morgan fingerprint density at radius 1 is 1.47 bits per heavy atom. The van der Waals surface area contributed by atoms with Crippen LogP contribution >= 0.6 is 0 Å². The number of rotatable bonds is 8. The van der Waals surface area contributed by atoms with Gasteiger partial charge in [0.25, 0.3) is 0 Å². The van der Waals surface area contributed by atoms with E-state index in [4.69, 9.17) is 4.74 Å². The van der Waals surface area contributed by atoms with E-state index in [2.05, 4.69) is 31.4 Å². The standard InChI is InChI=1S/C15H30N2O2/c1-4-13-6-8-16-14(10-13)15(18)17-7-5-9-19-11-12(2)3/h12-14,16H,4-11H2,1-3H3,(H,17,18). The van der Waals surface area contributed by atoms with Crippen LogP contribution in [0.4, 0.5) is 0 Å². The molecule has 2 atom stereocenters. The van der Waals surface area contributed by atoms with Gasteiger partial charge in [-0.1, -0.05) is 27.2 Å². The molecule has 2 unspecified atom stereocenters. The summed E-state index contributed by atoms with van der Waals surface area (Å²) in [6, 6.07) is 0.00952. The van der Waals surface area contributed by atoms with Gasteiger partial charge in [-0.15, -0.1) is 0 Å². The predicted octanol–water partition coefficient (Wildman–Crippen LogP) is 1.94. The highest BCUT2D eigenvalue weighted by Gasteiger charge is 2.25. The van der Waals surface area contributed by atoms with Crippen LogP contribution in [0.25, 0.3) is 0 Å². The lowest BCUT2D eigenvalue weighted by Crippen LogP contribution is -2.48. The molecule has 1 fully saturated rings. The van der Waals surface area contributed by atoms with Crippen molar-refractivity contribution in [3.05, 3.63) is 0 Å².